The molecule has 1 N–H and O–H groups in total. The van der Waals surface area contributed by atoms with Gasteiger partial charge in [-0.25, -0.2) is 0 Å². The van der Waals surface area contributed by atoms with E-state index in [1.54, 1.807) is 14.2 Å². The van der Waals surface area contributed by atoms with E-state index in [2.05, 4.69) is 26.0 Å². The molecular weight excluding hydrogens is 276 g/mol. The summed E-state index contributed by atoms with van der Waals surface area (Å²) in [6.07, 6.45) is 0. The van der Waals surface area contributed by atoms with Crippen molar-refractivity contribution in [2.24, 2.45) is 0 Å². The minimum Gasteiger partial charge on any atom is -0.497 e. The zero-order chi connectivity index (χ0) is 16.2. The molecule has 0 aliphatic carbocycles. The van der Waals surface area contributed by atoms with Crippen LogP contribution in [0.25, 0.3) is 0 Å². The van der Waals surface area contributed by atoms with Gasteiger partial charge in [0.25, 0.3) is 0 Å². The van der Waals surface area contributed by atoms with Crippen LogP contribution in [0, 0.1) is 0 Å². The van der Waals surface area contributed by atoms with E-state index < -0.39 is 0 Å². The molecule has 1 atom stereocenters. The van der Waals surface area contributed by atoms with E-state index in [1.165, 1.54) is 5.56 Å². The van der Waals surface area contributed by atoms with Crippen LogP contribution >= 0.6 is 0 Å². The fraction of sp³-hybridized carbons (Fsp3) is 0.368. The van der Waals surface area contributed by atoms with Crippen molar-refractivity contribution in [1.82, 2.24) is 0 Å². The Labute approximate surface area is 132 Å². The van der Waals surface area contributed by atoms with Crippen molar-refractivity contribution in [3.8, 4) is 11.5 Å². The highest BCUT2D eigenvalue weighted by molar-refractivity contribution is 5.37. The van der Waals surface area contributed by atoms with Gasteiger partial charge in [-0.2, -0.15) is 0 Å². The summed E-state index contributed by atoms with van der Waals surface area (Å²) in [6.45, 7) is 4.39. The molecule has 0 bridgehead atoms. The van der Waals surface area contributed by atoms with Crippen molar-refractivity contribution in [3.05, 3.63) is 59.7 Å². The van der Waals surface area contributed by atoms with Gasteiger partial charge in [-0.05, 0) is 40.8 Å². The smallest absolute Gasteiger partial charge is 0.118 e. The lowest BCUT2D eigenvalue weighted by Gasteiger charge is -2.34. The van der Waals surface area contributed by atoms with E-state index in [9.17, 15) is 5.11 Å². The van der Waals surface area contributed by atoms with Gasteiger partial charge in [0, 0.05) is 5.92 Å². The minimum absolute atomic E-state index is 0.00630. The molecule has 3 nitrogen and oxygen atoms in total. The van der Waals surface area contributed by atoms with Crippen molar-refractivity contribution in [3.63, 3.8) is 0 Å². The molecule has 0 heterocycles. The molecule has 0 amide bonds. The Morgan fingerprint density at radius 3 is 1.73 bits per heavy atom. The second-order valence-corrected chi connectivity index (χ2v) is 5.96. The van der Waals surface area contributed by atoms with Gasteiger partial charge in [0.2, 0.25) is 0 Å². The maximum atomic E-state index is 9.95. The van der Waals surface area contributed by atoms with Gasteiger partial charge in [-0.15, -0.1) is 0 Å². The molecule has 118 valence electrons. The Hall–Kier alpha value is -2.00. The number of ether oxygens (including phenoxy) is 2. The molecule has 0 saturated heterocycles. The first kappa shape index (κ1) is 16.4. The van der Waals surface area contributed by atoms with E-state index in [0.717, 1.165) is 17.1 Å². The standard InChI is InChI=1S/C19H24O3/c1-19(2,15-7-11-17(22-4)12-8-15)18(13-20)14-5-9-16(21-3)10-6-14/h5-12,18,20H,13H2,1-4H3. The number of hydrogen-bond acceptors (Lipinski definition) is 3. The van der Waals surface area contributed by atoms with E-state index in [1.807, 2.05) is 36.4 Å². The molecule has 2 aromatic rings. The molecular formula is C19H24O3. The van der Waals surface area contributed by atoms with Gasteiger partial charge in [0.15, 0.2) is 0 Å². The molecule has 22 heavy (non-hydrogen) atoms. The maximum Gasteiger partial charge on any atom is 0.118 e. The van der Waals surface area contributed by atoms with Gasteiger partial charge in [0.05, 0.1) is 20.8 Å². The highest BCUT2D eigenvalue weighted by atomic mass is 16.5. The van der Waals surface area contributed by atoms with Crippen LogP contribution in [0.2, 0.25) is 0 Å². The van der Waals surface area contributed by atoms with Gasteiger partial charge >= 0.3 is 0 Å². The summed E-state index contributed by atoms with van der Waals surface area (Å²) in [5, 5.41) is 9.95. The Kier molecular flexibility index (Phi) is 5.09. The maximum absolute atomic E-state index is 9.95. The van der Waals surface area contributed by atoms with Crippen molar-refractivity contribution in [2.75, 3.05) is 20.8 Å². The SMILES string of the molecule is COc1ccc(C(CO)C(C)(C)c2ccc(OC)cc2)cc1. The summed E-state index contributed by atoms with van der Waals surface area (Å²) in [4.78, 5) is 0. The first-order valence-electron chi connectivity index (χ1n) is 7.42. The van der Waals surface area contributed by atoms with E-state index in [0.29, 0.717) is 0 Å². The largest absolute Gasteiger partial charge is 0.497 e. The third-order valence-electron chi connectivity index (χ3n) is 4.41. The number of aliphatic hydroxyl groups excluding tert-OH is 1. The quantitative estimate of drug-likeness (QED) is 0.883. The van der Waals surface area contributed by atoms with E-state index >= 15 is 0 Å². The third kappa shape index (κ3) is 3.25. The second-order valence-electron chi connectivity index (χ2n) is 5.96. The van der Waals surface area contributed by atoms with Crippen LogP contribution in [0.15, 0.2) is 48.5 Å². The number of rotatable bonds is 6. The lowest BCUT2D eigenvalue weighted by atomic mass is 9.71. The molecule has 0 fully saturated rings. The van der Waals surface area contributed by atoms with Crippen molar-refractivity contribution in [1.29, 1.82) is 0 Å². The number of aliphatic hydroxyl groups is 1. The molecule has 3 heteroatoms. The van der Waals surface area contributed by atoms with E-state index in [-0.39, 0.29) is 17.9 Å². The molecule has 2 aromatic carbocycles. The lowest BCUT2D eigenvalue weighted by Crippen LogP contribution is -2.29. The Balaban J connectivity index is 2.33. The highest BCUT2D eigenvalue weighted by Crippen LogP contribution is 2.39. The summed E-state index contributed by atoms with van der Waals surface area (Å²) in [7, 11) is 3.31. The van der Waals surface area contributed by atoms with Crippen LogP contribution in [0.1, 0.15) is 30.9 Å². The van der Waals surface area contributed by atoms with Crippen LogP contribution in [-0.4, -0.2) is 25.9 Å². The van der Waals surface area contributed by atoms with E-state index in [4.69, 9.17) is 9.47 Å². The lowest BCUT2D eigenvalue weighted by molar-refractivity contribution is 0.218. The molecule has 0 aliphatic heterocycles. The summed E-state index contributed by atoms with van der Waals surface area (Å²) in [5.74, 6) is 1.67. The number of hydrogen-bond donors (Lipinski definition) is 1. The zero-order valence-corrected chi connectivity index (χ0v) is 13.7. The Morgan fingerprint density at radius 2 is 1.32 bits per heavy atom. The van der Waals surface area contributed by atoms with Crippen LogP contribution in [0.5, 0.6) is 11.5 Å². The fourth-order valence-corrected chi connectivity index (χ4v) is 2.81. The molecule has 2 rings (SSSR count). The molecule has 0 aliphatic rings. The average Bonchev–Trinajstić information content (AvgIpc) is 2.56. The summed E-state index contributed by atoms with van der Waals surface area (Å²) in [6, 6.07) is 15.9. The van der Waals surface area contributed by atoms with Gasteiger partial charge in [-0.1, -0.05) is 38.1 Å². The first-order chi connectivity index (χ1) is 10.5. The van der Waals surface area contributed by atoms with Gasteiger partial charge < -0.3 is 14.6 Å². The highest BCUT2D eigenvalue weighted by Gasteiger charge is 2.32. The van der Waals surface area contributed by atoms with Crippen LogP contribution < -0.4 is 9.47 Å². The second kappa shape index (κ2) is 6.84. The Morgan fingerprint density at radius 1 is 0.864 bits per heavy atom. The van der Waals surface area contributed by atoms with Crippen LogP contribution in [0.4, 0.5) is 0 Å². The van der Waals surface area contributed by atoms with Gasteiger partial charge in [-0.3, -0.25) is 0 Å². The third-order valence-corrected chi connectivity index (χ3v) is 4.41. The molecule has 0 spiro atoms. The molecule has 0 aromatic heterocycles. The van der Waals surface area contributed by atoms with Crippen LogP contribution in [0.3, 0.4) is 0 Å². The Bertz CT molecular complexity index is 585. The molecule has 0 saturated carbocycles. The summed E-state index contributed by atoms with van der Waals surface area (Å²) >= 11 is 0. The first-order valence-corrected chi connectivity index (χ1v) is 7.42. The summed E-state index contributed by atoms with van der Waals surface area (Å²) < 4.78 is 10.4. The number of benzene rings is 2. The predicted molar refractivity (Wildman–Crippen MR) is 88.8 cm³/mol. The summed E-state index contributed by atoms with van der Waals surface area (Å²) in [5.41, 5.74) is 2.07. The topological polar surface area (TPSA) is 38.7 Å². The van der Waals surface area contributed by atoms with Crippen molar-refractivity contribution >= 4 is 0 Å². The normalized spacial score (nSPS) is 12.8. The van der Waals surface area contributed by atoms with Crippen molar-refractivity contribution in [2.45, 2.75) is 25.2 Å². The molecule has 0 radical (unpaired) electrons. The van der Waals surface area contributed by atoms with Gasteiger partial charge in [0.1, 0.15) is 11.5 Å². The minimum atomic E-state index is -0.199. The monoisotopic (exact) mass is 300 g/mol. The predicted octanol–water partition coefficient (Wildman–Crippen LogP) is 3.76. The fourth-order valence-electron chi connectivity index (χ4n) is 2.81. The van der Waals surface area contributed by atoms with Crippen molar-refractivity contribution < 1.29 is 14.6 Å². The zero-order valence-electron chi connectivity index (χ0n) is 13.7. The van der Waals surface area contributed by atoms with Crippen LogP contribution in [-0.2, 0) is 5.41 Å². The number of methoxy groups -OCH3 is 2. The molecule has 1 unspecified atom stereocenters. The average molecular weight is 300 g/mol.